The normalized spacial score (nSPS) is 11.3. The molecule has 31 heavy (non-hydrogen) atoms. The molecule has 0 aliphatic carbocycles. The average molecular weight is 436 g/mol. The molecule has 0 atom stereocenters. The van der Waals surface area contributed by atoms with Gasteiger partial charge in [0, 0.05) is 34.4 Å². The Hall–Kier alpha value is -3.94. The van der Waals surface area contributed by atoms with Crippen LogP contribution in [-0.4, -0.2) is 23.4 Å². The number of terminal acetylenes is 1. The van der Waals surface area contributed by atoms with E-state index in [2.05, 4.69) is 31.5 Å². The van der Waals surface area contributed by atoms with Crippen LogP contribution in [0.15, 0.2) is 59.6 Å². The van der Waals surface area contributed by atoms with Gasteiger partial charge in [0.1, 0.15) is 0 Å². The highest BCUT2D eigenvalue weighted by molar-refractivity contribution is 7.89. The first kappa shape index (κ1) is 20.3. The maximum atomic E-state index is 14.3. The summed E-state index contributed by atoms with van der Waals surface area (Å²) >= 11 is 0. The van der Waals surface area contributed by atoms with Gasteiger partial charge in [0.25, 0.3) is 0 Å². The van der Waals surface area contributed by atoms with E-state index in [1.807, 2.05) is 18.2 Å². The van der Waals surface area contributed by atoms with Crippen LogP contribution in [0.3, 0.4) is 0 Å². The van der Waals surface area contributed by atoms with Gasteiger partial charge < -0.3 is 15.6 Å². The molecule has 4 aromatic rings. The second-order valence-electron chi connectivity index (χ2n) is 6.69. The monoisotopic (exact) mass is 436 g/mol. The molecule has 2 aromatic heterocycles. The number of anilines is 4. The number of primary sulfonamides is 1. The fourth-order valence-electron chi connectivity index (χ4n) is 3.01. The van der Waals surface area contributed by atoms with Gasteiger partial charge in [-0.1, -0.05) is 6.07 Å². The third-order valence-electron chi connectivity index (χ3n) is 4.39. The molecule has 8 nitrogen and oxygen atoms in total. The summed E-state index contributed by atoms with van der Waals surface area (Å²) in [6, 6.07) is 13.2. The van der Waals surface area contributed by atoms with Crippen LogP contribution in [0.1, 0.15) is 5.69 Å². The molecule has 0 aliphatic rings. The minimum absolute atomic E-state index is 0.0427. The van der Waals surface area contributed by atoms with Gasteiger partial charge in [0.05, 0.1) is 11.1 Å². The molecule has 2 heterocycles. The third-order valence-corrected chi connectivity index (χ3v) is 5.31. The fraction of sp³-hybridized carbons (Fsp3) is 0.0476. The van der Waals surface area contributed by atoms with Gasteiger partial charge in [-0.2, -0.15) is 4.98 Å². The number of hydrogen-bond donors (Lipinski definition) is 4. The van der Waals surface area contributed by atoms with Gasteiger partial charge >= 0.3 is 0 Å². The molecule has 0 unspecified atom stereocenters. The summed E-state index contributed by atoms with van der Waals surface area (Å²) in [5, 5.41) is 11.8. The molecule has 10 heteroatoms. The van der Waals surface area contributed by atoms with Crippen LogP contribution in [0.4, 0.5) is 27.5 Å². The first-order chi connectivity index (χ1) is 14.8. The van der Waals surface area contributed by atoms with E-state index in [0.29, 0.717) is 17.8 Å². The van der Waals surface area contributed by atoms with Crippen LogP contribution >= 0.6 is 0 Å². The van der Waals surface area contributed by atoms with Gasteiger partial charge in [-0.15, -0.1) is 12.3 Å². The predicted molar refractivity (Wildman–Crippen MR) is 117 cm³/mol. The van der Waals surface area contributed by atoms with Gasteiger partial charge in [-0.3, -0.25) is 0 Å². The second-order valence-corrected chi connectivity index (χ2v) is 8.25. The minimum atomic E-state index is -3.86. The lowest BCUT2D eigenvalue weighted by Gasteiger charge is -2.10. The van der Waals surface area contributed by atoms with Crippen molar-refractivity contribution in [3.63, 3.8) is 0 Å². The number of rotatable bonds is 6. The van der Waals surface area contributed by atoms with Crippen molar-refractivity contribution in [2.45, 2.75) is 11.3 Å². The first-order valence-electron chi connectivity index (χ1n) is 9.06. The van der Waals surface area contributed by atoms with E-state index in [4.69, 9.17) is 11.6 Å². The van der Waals surface area contributed by atoms with Crippen molar-refractivity contribution in [3.05, 3.63) is 66.2 Å². The highest BCUT2D eigenvalue weighted by atomic mass is 32.2. The van der Waals surface area contributed by atoms with Crippen LogP contribution < -0.4 is 15.8 Å². The third kappa shape index (κ3) is 4.63. The molecule has 4 rings (SSSR count). The minimum Gasteiger partial charge on any atom is -0.358 e. The lowest BCUT2D eigenvalue weighted by Crippen LogP contribution is -2.12. The van der Waals surface area contributed by atoms with Crippen molar-refractivity contribution in [3.8, 4) is 12.3 Å². The number of nitrogens with one attached hydrogen (secondary N) is 3. The van der Waals surface area contributed by atoms with Crippen molar-refractivity contribution in [2.24, 2.45) is 5.14 Å². The number of benzene rings is 2. The van der Waals surface area contributed by atoms with E-state index >= 15 is 0 Å². The van der Waals surface area contributed by atoms with Gasteiger partial charge in [-0.05, 0) is 42.5 Å². The molecule has 5 N–H and O–H groups in total. The second kappa shape index (κ2) is 8.06. The van der Waals surface area contributed by atoms with E-state index in [-0.39, 0.29) is 16.7 Å². The molecule has 156 valence electrons. The number of sulfonamides is 1. The summed E-state index contributed by atoms with van der Waals surface area (Å²) < 4.78 is 37.3. The van der Waals surface area contributed by atoms with E-state index in [1.165, 1.54) is 18.2 Å². The zero-order chi connectivity index (χ0) is 22.0. The maximum Gasteiger partial charge on any atom is 0.238 e. The van der Waals surface area contributed by atoms with E-state index in [1.54, 1.807) is 12.1 Å². The summed E-state index contributed by atoms with van der Waals surface area (Å²) in [5.74, 6) is 1.97. The van der Waals surface area contributed by atoms with E-state index in [9.17, 15) is 12.8 Å². The van der Waals surface area contributed by atoms with Crippen LogP contribution in [0.5, 0.6) is 0 Å². The van der Waals surface area contributed by atoms with Crippen LogP contribution in [0.25, 0.3) is 10.9 Å². The number of H-pyrrole nitrogens is 1. The van der Waals surface area contributed by atoms with E-state index in [0.717, 1.165) is 22.8 Å². The largest absolute Gasteiger partial charge is 0.358 e. The number of aromatic amines is 1. The maximum absolute atomic E-state index is 14.3. The molecular formula is C21H17FN6O2S. The standard InChI is InChI=1S/C21H17FN6O2S/c1-2-4-14-9-13-10-16(7-8-19(13)25-14)26-20-18(22)12-24-21(28-20)27-15-5-3-6-17(11-15)31(23,29)30/h1,3,5-12,25H,4H2,(H2,23,29,30)(H2,24,26,27,28). The van der Waals surface area contributed by atoms with Crippen LogP contribution in [0, 0.1) is 18.2 Å². The Morgan fingerprint density at radius 2 is 1.94 bits per heavy atom. The van der Waals surface area contributed by atoms with Crippen molar-refractivity contribution in [1.82, 2.24) is 15.0 Å². The molecule has 0 spiro atoms. The first-order valence-corrected chi connectivity index (χ1v) is 10.6. The molecule has 0 saturated carbocycles. The lowest BCUT2D eigenvalue weighted by atomic mass is 10.2. The summed E-state index contributed by atoms with van der Waals surface area (Å²) in [6.07, 6.45) is 6.85. The molecule has 0 bridgehead atoms. The zero-order valence-corrected chi connectivity index (χ0v) is 16.9. The number of nitrogens with two attached hydrogens (primary N) is 1. The molecular weight excluding hydrogens is 419 g/mol. The van der Waals surface area contributed by atoms with Gasteiger partial charge in [0.2, 0.25) is 16.0 Å². The molecule has 0 saturated heterocycles. The molecule has 0 radical (unpaired) electrons. The predicted octanol–water partition coefficient (Wildman–Crippen LogP) is 3.41. The summed E-state index contributed by atoms with van der Waals surface area (Å²) in [4.78, 5) is 11.2. The van der Waals surface area contributed by atoms with Gasteiger partial charge in [-0.25, -0.2) is 22.9 Å². The topological polar surface area (TPSA) is 126 Å². The van der Waals surface area contributed by atoms with E-state index < -0.39 is 15.8 Å². The Kier molecular flexibility index (Phi) is 5.29. The summed E-state index contributed by atoms with van der Waals surface area (Å²) in [7, 11) is -3.86. The summed E-state index contributed by atoms with van der Waals surface area (Å²) in [6.45, 7) is 0. The molecule has 0 aliphatic heterocycles. The Morgan fingerprint density at radius 3 is 2.71 bits per heavy atom. The quantitative estimate of drug-likeness (QED) is 0.343. The SMILES string of the molecule is C#CCc1cc2cc(Nc3nc(Nc4cccc(S(N)(=O)=O)c4)ncc3F)ccc2[nH]1. The Bertz CT molecular complexity index is 1430. The van der Waals surface area contributed by atoms with Crippen LogP contribution in [0.2, 0.25) is 0 Å². The molecule has 0 fully saturated rings. The molecule has 2 aromatic carbocycles. The van der Waals surface area contributed by atoms with Crippen molar-refractivity contribution in [1.29, 1.82) is 0 Å². The van der Waals surface area contributed by atoms with Crippen molar-refractivity contribution < 1.29 is 12.8 Å². The van der Waals surface area contributed by atoms with Crippen molar-refractivity contribution >= 4 is 44.1 Å². The smallest absolute Gasteiger partial charge is 0.238 e. The molecule has 0 amide bonds. The zero-order valence-electron chi connectivity index (χ0n) is 16.1. The Balaban J connectivity index is 1.58. The van der Waals surface area contributed by atoms with Gasteiger partial charge in [0.15, 0.2) is 11.6 Å². The average Bonchev–Trinajstić information content (AvgIpc) is 3.12. The Morgan fingerprint density at radius 1 is 1.13 bits per heavy atom. The number of nitrogens with zero attached hydrogens (tertiary/aromatic N) is 2. The van der Waals surface area contributed by atoms with Crippen molar-refractivity contribution in [2.75, 3.05) is 10.6 Å². The Labute approximate surface area is 177 Å². The van der Waals surface area contributed by atoms with Crippen LogP contribution in [-0.2, 0) is 16.4 Å². The lowest BCUT2D eigenvalue weighted by molar-refractivity contribution is 0.598. The number of aromatic nitrogens is 3. The number of fused-ring (bicyclic) bond motifs is 1. The fourth-order valence-corrected chi connectivity index (χ4v) is 3.57. The number of hydrogen-bond acceptors (Lipinski definition) is 6. The number of halogens is 1. The summed E-state index contributed by atoms with van der Waals surface area (Å²) in [5.41, 5.74) is 2.84. The highest BCUT2D eigenvalue weighted by Gasteiger charge is 2.11. The highest BCUT2D eigenvalue weighted by Crippen LogP contribution is 2.25.